The van der Waals surface area contributed by atoms with E-state index in [4.69, 9.17) is 11.6 Å². The highest BCUT2D eigenvalue weighted by Crippen LogP contribution is 2.31. The van der Waals surface area contributed by atoms with Crippen LogP contribution in [-0.2, 0) is 17.4 Å². The first-order chi connectivity index (χ1) is 23.8. The summed E-state index contributed by atoms with van der Waals surface area (Å²) in [7, 11) is -1.72. The molecule has 9 heteroatoms. The maximum Gasteiger partial charge on any atom is 0.263 e. The fourth-order valence-corrected chi connectivity index (χ4v) is 8.32. The molecule has 49 heavy (non-hydrogen) atoms. The van der Waals surface area contributed by atoms with Crippen molar-refractivity contribution in [3.05, 3.63) is 137 Å². The summed E-state index contributed by atoms with van der Waals surface area (Å²) >= 11 is 12.5. The summed E-state index contributed by atoms with van der Waals surface area (Å²) in [4.78, 5) is 17.8. The molecule has 1 aliphatic heterocycles. The van der Waals surface area contributed by atoms with E-state index >= 15 is 0 Å². The summed E-state index contributed by atoms with van der Waals surface area (Å²) in [5, 5.41) is 4.23. The third-order valence-electron chi connectivity index (χ3n) is 8.80. The SMILES string of the molecule is CC(CSc1ccccc1)Nc1ccc(S(=O)NC(=O)c2ccc(N3CCC(Cc4ccccc4-c4ccc(Cl)cc4)CC3)cc2)cc1S. The van der Waals surface area contributed by atoms with Crippen LogP contribution in [0.4, 0.5) is 11.4 Å². The van der Waals surface area contributed by atoms with Crippen LogP contribution in [0, 0.1) is 5.92 Å². The van der Waals surface area contributed by atoms with Crippen molar-refractivity contribution in [2.45, 2.75) is 46.9 Å². The molecule has 2 unspecified atom stereocenters. The van der Waals surface area contributed by atoms with Crippen molar-refractivity contribution in [1.29, 1.82) is 0 Å². The van der Waals surface area contributed by atoms with E-state index < -0.39 is 11.0 Å². The molecule has 0 saturated carbocycles. The lowest BCUT2D eigenvalue weighted by Crippen LogP contribution is -2.34. The second kappa shape index (κ2) is 16.8. The van der Waals surface area contributed by atoms with E-state index in [2.05, 4.69) is 83.0 Å². The standard InChI is InChI=1S/C40H40ClN3O2S3/c1-28(27-48-35-8-3-2-4-9-35)42-38-20-19-36(26-39(38)47)49(46)43-40(45)31-13-17-34(18-14-31)44-23-21-29(22-24-44)25-32-7-5-6-10-37(32)30-11-15-33(41)16-12-30/h2-20,26,28-29,42,47H,21-25,27H2,1H3,(H,43,45). The molecule has 1 fully saturated rings. The molecular weight excluding hydrogens is 686 g/mol. The van der Waals surface area contributed by atoms with Crippen molar-refractivity contribution >= 4 is 64.3 Å². The molecular formula is C40H40ClN3O2S3. The van der Waals surface area contributed by atoms with Crippen molar-refractivity contribution < 1.29 is 9.00 Å². The summed E-state index contributed by atoms with van der Waals surface area (Å²) in [6.45, 7) is 4.05. The zero-order chi connectivity index (χ0) is 34.2. The number of nitrogens with one attached hydrogen (secondary N) is 2. The summed E-state index contributed by atoms with van der Waals surface area (Å²) in [5.41, 5.74) is 6.27. The van der Waals surface area contributed by atoms with Gasteiger partial charge >= 0.3 is 0 Å². The maximum absolute atomic E-state index is 13.1. The van der Waals surface area contributed by atoms with Gasteiger partial charge in [0.05, 0.1) is 4.90 Å². The highest BCUT2D eigenvalue weighted by Gasteiger charge is 2.22. The lowest BCUT2D eigenvalue weighted by Gasteiger charge is -2.34. The molecule has 2 atom stereocenters. The topological polar surface area (TPSA) is 61.4 Å². The number of carbonyl (C=O) groups excluding carboxylic acids is 1. The number of halogens is 1. The molecule has 1 aliphatic rings. The highest BCUT2D eigenvalue weighted by molar-refractivity contribution is 7.99. The monoisotopic (exact) mass is 725 g/mol. The molecule has 0 spiro atoms. The van der Waals surface area contributed by atoms with Gasteiger partial charge in [0.2, 0.25) is 0 Å². The largest absolute Gasteiger partial charge is 0.381 e. The van der Waals surface area contributed by atoms with Crippen molar-refractivity contribution in [2.75, 3.05) is 29.1 Å². The van der Waals surface area contributed by atoms with Crippen LogP contribution in [0.25, 0.3) is 11.1 Å². The number of hydrogen-bond donors (Lipinski definition) is 3. The van der Waals surface area contributed by atoms with Crippen LogP contribution >= 0.6 is 36.0 Å². The Morgan fingerprint density at radius 1 is 0.918 bits per heavy atom. The van der Waals surface area contributed by atoms with Gasteiger partial charge in [-0.3, -0.25) is 9.52 Å². The van der Waals surface area contributed by atoms with Crippen LogP contribution in [-0.4, -0.2) is 35.0 Å². The Labute approximate surface area is 306 Å². The van der Waals surface area contributed by atoms with Gasteiger partial charge in [-0.15, -0.1) is 24.4 Å². The van der Waals surface area contributed by atoms with Crippen LogP contribution in [0.15, 0.2) is 136 Å². The molecule has 2 N–H and O–H groups in total. The smallest absolute Gasteiger partial charge is 0.263 e. The first-order valence-corrected chi connectivity index (χ1v) is 19.5. The number of rotatable bonds is 12. The average Bonchev–Trinajstić information content (AvgIpc) is 3.13. The van der Waals surface area contributed by atoms with Crippen LogP contribution in [0.2, 0.25) is 5.02 Å². The number of nitrogens with zero attached hydrogens (tertiary/aromatic N) is 1. The van der Waals surface area contributed by atoms with Gasteiger partial charge in [-0.25, -0.2) is 4.21 Å². The number of benzene rings is 5. The molecule has 0 aromatic heterocycles. The zero-order valence-corrected chi connectivity index (χ0v) is 30.6. The number of amides is 1. The fourth-order valence-electron chi connectivity index (χ4n) is 6.14. The Bertz CT molecular complexity index is 1880. The van der Waals surface area contributed by atoms with E-state index in [0.717, 1.165) is 54.5 Å². The Morgan fingerprint density at radius 3 is 2.33 bits per heavy atom. The first-order valence-electron chi connectivity index (χ1n) is 16.5. The quantitative estimate of drug-likeness (QED) is 0.0883. The summed E-state index contributed by atoms with van der Waals surface area (Å²) in [5.74, 6) is 1.12. The first kappa shape index (κ1) is 35.1. The van der Waals surface area contributed by atoms with Crippen LogP contribution in [0.3, 0.4) is 0 Å². The Kier molecular flexibility index (Phi) is 12.1. The molecule has 5 nitrogen and oxygen atoms in total. The lowest BCUT2D eigenvalue weighted by molar-refractivity contribution is 0.0983. The van der Waals surface area contributed by atoms with Crippen LogP contribution in [0.5, 0.6) is 0 Å². The van der Waals surface area contributed by atoms with Gasteiger partial charge < -0.3 is 10.2 Å². The average molecular weight is 726 g/mol. The summed E-state index contributed by atoms with van der Waals surface area (Å²) < 4.78 is 15.7. The number of carbonyl (C=O) groups is 1. The number of anilines is 2. The number of hydrogen-bond acceptors (Lipinski definition) is 6. The molecule has 1 saturated heterocycles. The second-order valence-corrected chi connectivity index (χ2v) is 15.6. The van der Waals surface area contributed by atoms with Crippen LogP contribution in [0.1, 0.15) is 35.7 Å². The Balaban J connectivity index is 0.982. The van der Waals surface area contributed by atoms with Crippen molar-refractivity contribution in [2.24, 2.45) is 5.92 Å². The van der Waals surface area contributed by atoms with Gasteiger partial charge in [0, 0.05) is 56.6 Å². The second-order valence-electron chi connectivity index (χ2n) is 12.4. The van der Waals surface area contributed by atoms with Gasteiger partial charge in [-0.05, 0) is 116 Å². The summed E-state index contributed by atoms with van der Waals surface area (Å²) in [6.07, 6.45) is 3.25. The predicted molar refractivity (Wildman–Crippen MR) is 210 cm³/mol. The maximum atomic E-state index is 13.1. The molecule has 0 aliphatic carbocycles. The fraction of sp³-hybridized carbons (Fsp3) is 0.225. The van der Waals surface area contributed by atoms with E-state index in [1.165, 1.54) is 21.6 Å². The van der Waals surface area contributed by atoms with Gasteiger partial charge in [-0.1, -0.05) is 66.2 Å². The van der Waals surface area contributed by atoms with Crippen molar-refractivity contribution in [3.8, 4) is 11.1 Å². The van der Waals surface area contributed by atoms with E-state index in [0.29, 0.717) is 21.3 Å². The highest BCUT2D eigenvalue weighted by atomic mass is 35.5. The molecule has 1 heterocycles. The minimum Gasteiger partial charge on any atom is -0.381 e. The number of thiol groups is 1. The van der Waals surface area contributed by atoms with Gasteiger partial charge in [-0.2, -0.15) is 0 Å². The molecule has 5 aromatic rings. The van der Waals surface area contributed by atoms with Gasteiger partial charge in [0.1, 0.15) is 0 Å². The Morgan fingerprint density at radius 2 is 1.61 bits per heavy atom. The number of piperidine rings is 1. The van der Waals surface area contributed by atoms with Crippen LogP contribution < -0.4 is 14.9 Å². The van der Waals surface area contributed by atoms with E-state index in [-0.39, 0.29) is 11.9 Å². The van der Waals surface area contributed by atoms with Crippen molar-refractivity contribution in [3.63, 3.8) is 0 Å². The molecule has 0 radical (unpaired) electrons. The minimum absolute atomic E-state index is 0.199. The van der Waals surface area contributed by atoms with E-state index in [1.54, 1.807) is 23.9 Å². The minimum atomic E-state index is -1.72. The molecule has 0 bridgehead atoms. The van der Waals surface area contributed by atoms with E-state index in [1.807, 2.05) is 60.7 Å². The molecule has 5 aromatic carbocycles. The molecule has 6 rings (SSSR count). The number of thioether (sulfide) groups is 1. The summed E-state index contributed by atoms with van der Waals surface area (Å²) in [6, 6.07) is 40.2. The third kappa shape index (κ3) is 9.51. The Hall–Kier alpha value is -3.69. The third-order valence-corrected chi connectivity index (χ3v) is 11.8. The van der Waals surface area contributed by atoms with Crippen molar-refractivity contribution in [1.82, 2.24) is 4.72 Å². The van der Waals surface area contributed by atoms with Gasteiger partial charge in [0.15, 0.2) is 11.0 Å². The zero-order valence-electron chi connectivity index (χ0n) is 27.3. The molecule has 1 amide bonds. The predicted octanol–water partition coefficient (Wildman–Crippen LogP) is 9.80. The normalized spacial score (nSPS) is 14.6. The lowest BCUT2D eigenvalue weighted by atomic mass is 9.87. The molecule has 252 valence electrons. The van der Waals surface area contributed by atoms with E-state index in [9.17, 15) is 9.00 Å². The van der Waals surface area contributed by atoms with Gasteiger partial charge in [0.25, 0.3) is 5.91 Å².